The molecular formula is C24H36BN3O7. The second kappa shape index (κ2) is 14.2. The molecule has 0 radical (unpaired) electrons. The van der Waals surface area contributed by atoms with Crippen molar-refractivity contribution < 1.29 is 33.9 Å². The molecule has 2 aliphatic rings. The number of carbonyl (C=O) groups is 3. The van der Waals surface area contributed by atoms with Gasteiger partial charge in [0.1, 0.15) is 12.1 Å². The Balaban J connectivity index is 1.61. The molecule has 3 atom stereocenters. The maximum atomic E-state index is 13.1. The summed E-state index contributed by atoms with van der Waals surface area (Å²) in [6, 6.07) is 8.61. The molecule has 0 spiro atoms. The van der Waals surface area contributed by atoms with Gasteiger partial charge < -0.3 is 35.1 Å². The minimum absolute atomic E-state index is 0.234. The molecule has 0 aromatic heterocycles. The summed E-state index contributed by atoms with van der Waals surface area (Å²) in [6.07, 6.45) is 3.03. The van der Waals surface area contributed by atoms with Gasteiger partial charge in [-0.25, -0.2) is 0 Å². The third kappa shape index (κ3) is 8.92. The summed E-state index contributed by atoms with van der Waals surface area (Å²) in [4.78, 5) is 40.3. The van der Waals surface area contributed by atoms with Gasteiger partial charge in [0.15, 0.2) is 0 Å². The molecule has 4 N–H and O–H groups in total. The SMILES string of the molecule is O=C(N[C@H](CC(=O)N1CCOCC1)C(=O)N[C@@H](CCCc1ccccc1)B(O)O)[C@@H]1CCCCO1. The Kier molecular flexibility index (Phi) is 11.0. The number of hydrogen-bond donors (Lipinski definition) is 4. The van der Waals surface area contributed by atoms with Gasteiger partial charge in [-0.15, -0.1) is 0 Å². The number of aryl methyl sites for hydroxylation is 1. The fourth-order valence-corrected chi connectivity index (χ4v) is 4.29. The van der Waals surface area contributed by atoms with Gasteiger partial charge in [-0.05, 0) is 44.1 Å². The number of morpholine rings is 1. The topological polar surface area (TPSA) is 137 Å². The molecule has 1 aromatic carbocycles. The number of hydrogen-bond acceptors (Lipinski definition) is 7. The highest BCUT2D eigenvalue weighted by Crippen LogP contribution is 2.14. The number of ether oxygens (including phenoxy) is 2. The van der Waals surface area contributed by atoms with Gasteiger partial charge in [-0.2, -0.15) is 0 Å². The van der Waals surface area contributed by atoms with Crippen molar-refractivity contribution in [2.24, 2.45) is 0 Å². The van der Waals surface area contributed by atoms with Crippen molar-refractivity contribution in [2.45, 2.75) is 63.0 Å². The van der Waals surface area contributed by atoms with E-state index in [0.717, 1.165) is 18.4 Å². The normalized spacial score (nSPS) is 19.9. The van der Waals surface area contributed by atoms with Crippen molar-refractivity contribution in [3.05, 3.63) is 35.9 Å². The van der Waals surface area contributed by atoms with E-state index in [-0.39, 0.29) is 12.3 Å². The zero-order valence-corrected chi connectivity index (χ0v) is 20.1. The maximum absolute atomic E-state index is 13.1. The van der Waals surface area contributed by atoms with E-state index in [0.29, 0.717) is 58.6 Å². The molecule has 0 aliphatic carbocycles. The molecule has 11 heteroatoms. The van der Waals surface area contributed by atoms with Crippen LogP contribution in [0.5, 0.6) is 0 Å². The molecule has 10 nitrogen and oxygen atoms in total. The predicted octanol–water partition coefficient (Wildman–Crippen LogP) is -0.191. The Morgan fingerprint density at radius 1 is 1.06 bits per heavy atom. The second-order valence-electron chi connectivity index (χ2n) is 9.02. The highest BCUT2D eigenvalue weighted by atomic mass is 16.5. The number of benzene rings is 1. The van der Waals surface area contributed by atoms with E-state index in [1.165, 1.54) is 0 Å². The summed E-state index contributed by atoms with van der Waals surface area (Å²) in [5, 5.41) is 25.0. The van der Waals surface area contributed by atoms with Gasteiger partial charge in [-0.1, -0.05) is 30.3 Å². The van der Waals surface area contributed by atoms with Gasteiger partial charge in [0.25, 0.3) is 0 Å². The lowest BCUT2D eigenvalue weighted by Crippen LogP contribution is -2.57. The lowest BCUT2D eigenvalue weighted by Gasteiger charge is -2.30. The van der Waals surface area contributed by atoms with Crippen molar-refractivity contribution in [1.82, 2.24) is 15.5 Å². The van der Waals surface area contributed by atoms with E-state index in [1.54, 1.807) is 4.90 Å². The average molecular weight is 489 g/mol. The van der Waals surface area contributed by atoms with Gasteiger partial charge in [0.05, 0.1) is 25.6 Å². The van der Waals surface area contributed by atoms with Crippen LogP contribution in [0.2, 0.25) is 0 Å². The second-order valence-corrected chi connectivity index (χ2v) is 9.02. The van der Waals surface area contributed by atoms with E-state index in [4.69, 9.17) is 9.47 Å². The standard InChI is InChI=1S/C24H36BN3O7/c29-22(28-12-15-34-16-13-28)17-19(26-24(31)20-10-4-5-14-35-20)23(30)27-21(25(32)33)11-6-9-18-7-2-1-3-8-18/h1-3,7-8,19-21,32-33H,4-6,9-17H2,(H,26,31)(H,27,30)/t19-,20+,21+/m1/s1. The quantitative estimate of drug-likeness (QED) is 0.316. The van der Waals surface area contributed by atoms with Crippen LogP contribution in [-0.2, 0) is 30.3 Å². The van der Waals surface area contributed by atoms with Crippen LogP contribution in [0.3, 0.4) is 0 Å². The molecule has 1 aromatic rings. The zero-order valence-electron chi connectivity index (χ0n) is 20.1. The van der Waals surface area contributed by atoms with Crippen molar-refractivity contribution in [3.8, 4) is 0 Å². The lowest BCUT2D eigenvalue weighted by molar-refractivity contribution is -0.142. The number of nitrogens with zero attached hydrogens (tertiary/aromatic N) is 1. The Morgan fingerprint density at radius 2 is 1.80 bits per heavy atom. The molecule has 3 rings (SSSR count). The third-order valence-corrected chi connectivity index (χ3v) is 6.36. The molecule has 2 saturated heterocycles. The summed E-state index contributed by atoms with van der Waals surface area (Å²) < 4.78 is 10.8. The van der Waals surface area contributed by atoms with Crippen LogP contribution in [0.1, 0.15) is 44.1 Å². The molecular weight excluding hydrogens is 453 g/mol. The summed E-state index contributed by atoms with van der Waals surface area (Å²) in [5.74, 6) is -2.28. The summed E-state index contributed by atoms with van der Waals surface area (Å²) >= 11 is 0. The minimum atomic E-state index is -1.78. The van der Waals surface area contributed by atoms with Crippen molar-refractivity contribution in [1.29, 1.82) is 0 Å². The molecule has 0 saturated carbocycles. The minimum Gasteiger partial charge on any atom is -0.426 e. The number of rotatable bonds is 11. The molecule has 2 fully saturated rings. The van der Waals surface area contributed by atoms with E-state index in [1.807, 2.05) is 30.3 Å². The van der Waals surface area contributed by atoms with E-state index < -0.39 is 37.0 Å². The highest BCUT2D eigenvalue weighted by Gasteiger charge is 2.33. The largest absolute Gasteiger partial charge is 0.475 e. The Bertz CT molecular complexity index is 783. The Hall–Kier alpha value is -2.47. The molecule has 0 bridgehead atoms. The van der Waals surface area contributed by atoms with Gasteiger partial charge in [0.2, 0.25) is 17.7 Å². The first-order chi connectivity index (χ1) is 16.9. The fourth-order valence-electron chi connectivity index (χ4n) is 4.29. The summed E-state index contributed by atoms with van der Waals surface area (Å²) in [5.41, 5.74) is 1.11. The molecule has 192 valence electrons. The first kappa shape index (κ1) is 27.1. The van der Waals surface area contributed by atoms with Crippen LogP contribution in [0, 0.1) is 0 Å². The Morgan fingerprint density at radius 3 is 2.46 bits per heavy atom. The first-order valence-corrected chi connectivity index (χ1v) is 12.4. The fraction of sp³-hybridized carbons (Fsp3) is 0.625. The average Bonchev–Trinajstić information content (AvgIpc) is 2.89. The van der Waals surface area contributed by atoms with Crippen LogP contribution in [0.15, 0.2) is 30.3 Å². The zero-order chi connectivity index (χ0) is 25.0. The van der Waals surface area contributed by atoms with Crippen LogP contribution in [-0.4, -0.2) is 90.8 Å². The number of carbonyl (C=O) groups excluding carboxylic acids is 3. The van der Waals surface area contributed by atoms with Gasteiger partial charge >= 0.3 is 7.12 Å². The highest BCUT2D eigenvalue weighted by molar-refractivity contribution is 6.43. The summed E-state index contributed by atoms with van der Waals surface area (Å²) in [6.45, 7) is 2.16. The molecule has 3 amide bonds. The van der Waals surface area contributed by atoms with E-state index >= 15 is 0 Å². The monoisotopic (exact) mass is 489 g/mol. The van der Waals surface area contributed by atoms with Crippen LogP contribution in [0.25, 0.3) is 0 Å². The van der Waals surface area contributed by atoms with Crippen LogP contribution >= 0.6 is 0 Å². The molecule has 0 unspecified atom stereocenters. The van der Waals surface area contributed by atoms with Crippen molar-refractivity contribution >= 4 is 24.8 Å². The van der Waals surface area contributed by atoms with E-state index in [9.17, 15) is 24.4 Å². The van der Waals surface area contributed by atoms with Crippen molar-refractivity contribution in [2.75, 3.05) is 32.9 Å². The predicted molar refractivity (Wildman–Crippen MR) is 129 cm³/mol. The van der Waals surface area contributed by atoms with Crippen molar-refractivity contribution in [3.63, 3.8) is 0 Å². The van der Waals surface area contributed by atoms with E-state index in [2.05, 4.69) is 10.6 Å². The molecule has 2 heterocycles. The third-order valence-electron chi connectivity index (χ3n) is 6.36. The van der Waals surface area contributed by atoms with Crippen LogP contribution in [0.4, 0.5) is 0 Å². The van der Waals surface area contributed by atoms with Gasteiger partial charge in [0, 0.05) is 19.7 Å². The Labute approximate surface area is 206 Å². The smallest absolute Gasteiger partial charge is 0.426 e. The number of amides is 3. The molecule has 2 aliphatic heterocycles. The maximum Gasteiger partial charge on any atom is 0.475 e. The lowest BCUT2D eigenvalue weighted by atomic mass is 9.76. The summed E-state index contributed by atoms with van der Waals surface area (Å²) in [7, 11) is -1.78. The first-order valence-electron chi connectivity index (χ1n) is 12.4. The van der Waals surface area contributed by atoms with Crippen LogP contribution < -0.4 is 10.6 Å². The van der Waals surface area contributed by atoms with Gasteiger partial charge in [-0.3, -0.25) is 14.4 Å². The molecule has 35 heavy (non-hydrogen) atoms. The number of nitrogens with one attached hydrogen (secondary N) is 2.